The summed E-state index contributed by atoms with van der Waals surface area (Å²) in [6.45, 7) is 2.24. The van der Waals surface area contributed by atoms with E-state index >= 15 is 0 Å². The summed E-state index contributed by atoms with van der Waals surface area (Å²) in [6.07, 6.45) is 3.28. The second-order valence-electron chi connectivity index (χ2n) is 4.96. The number of H-pyrrole nitrogens is 1. The summed E-state index contributed by atoms with van der Waals surface area (Å²) < 4.78 is 0. The van der Waals surface area contributed by atoms with E-state index in [-0.39, 0.29) is 0 Å². The van der Waals surface area contributed by atoms with Gasteiger partial charge in [-0.2, -0.15) is 0 Å². The lowest BCUT2D eigenvalue weighted by molar-refractivity contribution is 0.0699. The van der Waals surface area contributed by atoms with Crippen LogP contribution in [0.25, 0.3) is 10.9 Å². The van der Waals surface area contributed by atoms with Gasteiger partial charge in [-0.1, -0.05) is 19.1 Å². The summed E-state index contributed by atoms with van der Waals surface area (Å²) in [5.74, 6) is -0.175. The van der Waals surface area contributed by atoms with Gasteiger partial charge in [-0.05, 0) is 36.8 Å². The lowest BCUT2D eigenvalue weighted by Gasteiger charge is -2.17. The van der Waals surface area contributed by atoms with Gasteiger partial charge in [-0.25, -0.2) is 4.79 Å². The summed E-state index contributed by atoms with van der Waals surface area (Å²) in [6, 6.07) is 5.51. The van der Waals surface area contributed by atoms with Gasteiger partial charge in [0.1, 0.15) is 0 Å². The van der Waals surface area contributed by atoms with Crippen LogP contribution in [0.1, 0.15) is 35.0 Å². The summed E-state index contributed by atoms with van der Waals surface area (Å²) in [5, 5.41) is 10.3. The van der Waals surface area contributed by atoms with Gasteiger partial charge < -0.3 is 10.1 Å². The molecular weight excluding hydrogens is 214 g/mol. The van der Waals surface area contributed by atoms with Crippen molar-refractivity contribution in [2.75, 3.05) is 0 Å². The Bertz CT molecular complexity index is 598. The summed E-state index contributed by atoms with van der Waals surface area (Å²) in [7, 11) is 0. The highest BCUT2D eigenvalue weighted by Gasteiger charge is 2.21. The number of carboxylic acid groups (broad SMARTS) is 1. The average molecular weight is 229 g/mol. The number of nitrogens with one attached hydrogen (secondary N) is 1. The van der Waals surface area contributed by atoms with Gasteiger partial charge in [0, 0.05) is 11.1 Å². The SMILES string of the molecule is CC1CCc2c([nH]c3c(C(=O)O)cccc23)C1. The molecule has 3 nitrogen and oxygen atoms in total. The van der Waals surface area contributed by atoms with E-state index in [0.29, 0.717) is 11.5 Å². The first-order chi connectivity index (χ1) is 8.16. The van der Waals surface area contributed by atoms with Crippen LogP contribution in [0.2, 0.25) is 0 Å². The molecular formula is C14H15NO2. The molecule has 1 aromatic heterocycles. The molecule has 1 aromatic carbocycles. The third kappa shape index (κ3) is 1.54. The number of rotatable bonds is 1. The standard InChI is InChI=1S/C14H15NO2/c1-8-5-6-9-10-3-2-4-11(14(16)17)13(10)15-12(9)7-8/h2-4,8,15H,5-7H2,1H3,(H,16,17). The normalized spacial score (nSPS) is 19.2. The number of fused-ring (bicyclic) bond motifs is 3. The van der Waals surface area contributed by atoms with Gasteiger partial charge in [0.15, 0.2) is 0 Å². The van der Waals surface area contributed by atoms with Crippen LogP contribution in [-0.2, 0) is 12.8 Å². The molecule has 1 atom stereocenters. The van der Waals surface area contributed by atoms with E-state index in [2.05, 4.69) is 11.9 Å². The first-order valence-corrected chi connectivity index (χ1v) is 6.02. The van der Waals surface area contributed by atoms with Gasteiger partial charge in [-0.3, -0.25) is 0 Å². The molecule has 3 heteroatoms. The Morgan fingerprint density at radius 3 is 3.06 bits per heavy atom. The minimum atomic E-state index is -0.859. The van der Waals surface area contributed by atoms with Crippen molar-refractivity contribution in [1.29, 1.82) is 0 Å². The molecule has 3 rings (SSSR count). The van der Waals surface area contributed by atoms with E-state index in [9.17, 15) is 9.90 Å². The van der Waals surface area contributed by atoms with Crippen molar-refractivity contribution in [3.8, 4) is 0 Å². The van der Waals surface area contributed by atoms with Gasteiger partial charge in [0.25, 0.3) is 0 Å². The van der Waals surface area contributed by atoms with Crippen LogP contribution < -0.4 is 0 Å². The molecule has 0 radical (unpaired) electrons. The topological polar surface area (TPSA) is 53.1 Å². The number of hydrogen-bond acceptors (Lipinski definition) is 1. The minimum absolute atomic E-state index is 0.379. The van der Waals surface area contributed by atoms with Gasteiger partial charge in [0.05, 0.1) is 11.1 Å². The van der Waals surface area contributed by atoms with Crippen molar-refractivity contribution < 1.29 is 9.90 Å². The van der Waals surface area contributed by atoms with Crippen molar-refractivity contribution >= 4 is 16.9 Å². The second kappa shape index (κ2) is 3.62. The molecule has 88 valence electrons. The Labute approximate surface area is 99.5 Å². The average Bonchev–Trinajstić information content (AvgIpc) is 2.65. The molecule has 0 amide bonds. The Hall–Kier alpha value is -1.77. The molecule has 2 N–H and O–H groups in total. The van der Waals surface area contributed by atoms with E-state index in [1.165, 1.54) is 17.7 Å². The first kappa shape index (κ1) is 10.4. The largest absolute Gasteiger partial charge is 0.478 e. The van der Waals surface area contributed by atoms with Gasteiger partial charge in [-0.15, -0.1) is 0 Å². The fourth-order valence-electron chi connectivity index (χ4n) is 2.81. The van der Waals surface area contributed by atoms with Crippen molar-refractivity contribution in [2.24, 2.45) is 5.92 Å². The molecule has 2 aromatic rings. The maximum Gasteiger partial charge on any atom is 0.337 e. The van der Waals surface area contributed by atoms with E-state index < -0.39 is 5.97 Å². The molecule has 0 fully saturated rings. The van der Waals surface area contributed by atoms with Crippen LogP contribution in [0.5, 0.6) is 0 Å². The fraction of sp³-hybridized carbons (Fsp3) is 0.357. The predicted molar refractivity (Wildman–Crippen MR) is 66.4 cm³/mol. The molecule has 0 aliphatic heterocycles. The van der Waals surface area contributed by atoms with E-state index in [1.54, 1.807) is 6.07 Å². The molecule has 1 unspecified atom stereocenters. The van der Waals surface area contributed by atoms with Crippen LogP contribution in [0.4, 0.5) is 0 Å². The molecule has 1 aliphatic carbocycles. The molecule has 0 saturated carbocycles. The lowest BCUT2D eigenvalue weighted by Crippen LogP contribution is -2.10. The number of hydrogen-bond donors (Lipinski definition) is 2. The number of aromatic amines is 1. The lowest BCUT2D eigenvalue weighted by atomic mass is 9.88. The highest BCUT2D eigenvalue weighted by molar-refractivity contribution is 6.03. The zero-order valence-electron chi connectivity index (χ0n) is 9.79. The number of aromatic carboxylic acids is 1. The number of para-hydroxylation sites is 1. The molecule has 1 aliphatic rings. The third-order valence-electron chi connectivity index (χ3n) is 3.70. The minimum Gasteiger partial charge on any atom is -0.478 e. The van der Waals surface area contributed by atoms with Crippen molar-refractivity contribution in [3.05, 3.63) is 35.0 Å². The van der Waals surface area contributed by atoms with Gasteiger partial charge >= 0.3 is 5.97 Å². The van der Waals surface area contributed by atoms with Gasteiger partial charge in [0.2, 0.25) is 0 Å². The van der Waals surface area contributed by atoms with E-state index in [0.717, 1.165) is 23.7 Å². The van der Waals surface area contributed by atoms with Crippen molar-refractivity contribution in [1.82, 2.24) is 4.98 Å². The van der Waals surface area contributed by atoms with Crippen molar-refractivity contribution in [2.45, 2.75) is 26.2 Å². The van der Waals surface area contributed by atoms with Crippen molar-refractivity contribution in [3.63, 3.8) is 0 Å². The molecule has 17 heavy (non-hydrogen) atoms. The predicted octanol–water partition coefficient (Wildman–Crippen LogP) is 2.99. The number of carbonyl (C=O) groups is 1. The quantitative estimate of drug-likeness (QED) is 0.789. The highest BCUT2D eigenvalue weighted by Crippen LogP contribution is 2.32. The second-order valence-corrected chi connectivity index (χ2v) is 4.96. The Balaban J connectivity index is 2.27. The Morgan fingerprint density at radius 1 is 1.47 bits per heavy atom. The molecule has 0 bridgehead atoms. The number of benzene rings is 1. The molecule has 1 heterocycles. The van der Waals surface area contributed by atoms with Crippen LogP contribution >= 0.6 is 0 Å². The van der Waals surface area contributed by atoms with E-state index in [4.69, 9.17) is 0 Å². The van der Waals surface area contributed by atoms with Crippen LogP contribution in [0.3, 0.4) is 0 Å². The fourth-order valence-corrected chi connectivity index (χ4v) is 2.81. The summed E-state index contributed by atoms with van der Waals surface area (Å²) in [5.41, 5.74) is 3.72. The molecule has 0 spiro atoms. The smallest absolute Gasteiger partial charge is 0.337 e. The third-order valence-corrected chi connectivity index (χ3v) is 3.70. The summed E-state index contributed by atoms with van der Waals surface area (Å²) in [4.78, 5) is 14.5. The van der Waals surface area contributed by atoms with Crippen LogP contribution in [0, 0.1) is 5.92 Å². The Kier molecular flexibility index (Phi) is 2.21. The number of aromatic nitrogens is 1. The van der Waals surface area contributed by atoms with Crippen LogP contribution in [-0.4, -0.2) is 16.1 Å². The zero-order chi connectivity index (χ0) is 12.0. The maximum atomic E-state index is 11.2. The van der Waals surface area contributed by atoms with Crippen LogP contribution in [0.15, 0.2) is 18.2 Å². The Morgan fingerprint density at radius 2 is 2.29 bits per heavy atom. The number of aryl methyl sites for hydroxylation is 1. The monoisotopic (exact) mass is 229 g/mol. The maximum absolute atomic E-state index is 11.2. The zero-order valence-corrected chi connectivity index (χ0v) is 9.79. The number of carboxylic acids is 1. The first-order valence-electron chi connectivity index (χ1n) is 6.02. The molecule has 0 saturated heterocycles. The highest BCUT2D eigenvalue weighted by atomic mass is 16.4. The van der Waals surface area contributed by atoms with E-state index in [1.807, 2.05) is 12.1 Å². The summed E-state index contributed by atoms with van der Waals surface area (Å²) >= 11 is 0.